The maximum absolute atomic E-state index is 11.7. The highest BCUT2D eigenvalue weighted by atomic mass is 32.1. The summed E-state index contributed by atoms with van der Waals surface area (Å²) in [6.45, 7) is 0. The van der Waals surface area contributed by atoms with E-state index in [4.69, 9.17) is 4.74 Å². The Morgan fingerprint density at radius 2 is 1.79 bits per heavy atom. The summed E-state index contributed by atoms with van der Waals surface area (Å²) in [7, 11) is 1.41. The molecule has 24 heavy (non-hydrogen) atoms. The Kier molecular flexibility index (Phi) is 3.92. The minimum atomic E-state index is -0.282. The van der Waals surface area contributed by atoms with Gasteiger partial charge in [0.2, 0.25) is 0 Å². The van der Waals surface area contributed by atoms with Gasteiger partial charge in [-0.1, -0.05) is 36.4 Å². The van der Waals surface area contributed by atoms with Crippen molar-refractivity contribution in [3.63, 3.8) is 0 Å². The first-order valence-electron chi connectivity index (χ1n) is 7.52. The second-order valence-electron chi connectivity index (χ2n) is 5.38. The molecule has 4 rings (SSSR count). The van der Waals surface area contributed by atoms with Crippen LogP contribution in [0.1, 0.15) is 20.1 Å². The molecule has 2 nitrogen and oxygen atoms in total. The van der Waals surface area contributed by atoms with E-state index in [1.165, 1.54) is 33.4 Å². The summed E-state index contributed by atoms with van der Waals surface area (Å²) >= 11 is 3.24. The van der Waals surface area contributed by atoms with E-state index in [2.05, 4.69) is 48.6 Å². The number of esters is 1. The highest BCUT2D eigenvalue weighted by Gasteiger charge is 2.11. The van der Waals surface area contributed by atoms with Crippen molar-refractivity contribution in [2.75, 3.05) is 7.11 Å². The predicted octanol–water partition coefficient (Wildman–Crippen LogP) is 6.07. The third kappa shape index (κ3) is 2.75. The van der Waals surface area contributed by atoms with Gasteiger partial charge < -0.3 is 4.74 Å². The van der Waals surface area contributed by atoms with Crippen LogP contribution in [0.5, 0.6) is 0 Å². The molecule has 0 radical (unpaired) electrons. The third-order valence-electron chi connectivity index (χ3n) is 3.85. The van der Waals surface area contributed by atoms with Crippen LogP contribution in [-0.4, -0.2) is 13.1 Å². The van der Waals surface area contributed by atoms with Crippen molar-refractivity contribution in [3.05, 3.63) is 69.9 Å². The summed E-state index contributed by atoms with van der Waals surface area (Å²) in [6.07, 6.45) is 4.25. The molecule has 0 spiro atoms. The minimum absolute atomic E-state index is 0.282. The molecule has 0 amide bonds. The monoisotopic (exact) mass is 350 g/mol. The van der Waals surface area contributed by atoms with Crippen molar-refractivity contribution >= 4 is 61.0 Å². The number of hydrogen-bond donors (Lipinski definition) is 0. The molecule has 2 heterocycles. The van der Waals surface area contributed by atoms with E-state index in [9.17, 15) is 4.79 Å². The van der Waals surface area contributed by atoms with E-state index in [0.717, 1.165) is 15.6 Å². The predicted molar refractivity (Wildman–Crippen MR) is 104 cm³/mol. The molecule has 0 aliphatic rings. The van der Waals surface area contributed by atoms with Gasteiger partial charge in [-0.15, -0.1) is 22.7 Å². The number of thiophene rings is 2. The maximum atomic E-state index is 11.7. The number of benzene rings is 2. The lowest BCUT2D eigenvalue weighted by Gasteiger charge is -1.95. The van der Waals surface area contributed by atoms with E-state index in [1.807, 2.05) is 18.2 Å². The smallest absolute Gasteiger partial charge is 0.348 e. The molecule has 2 aromatic carbocycles. The molecule has 0 unspecified atom stereocenters. The fraction of sp³-hybridized carbons (Fsp3) is 0.0500. The van der Waals surface area contributed by atoms with E-state index in [1.54, 1.807) is 11.3 Å². The molecule has 0 saturated heterocycles. The number of ether oxygens (including phenoxy) is 1. The Balaban J connectivity index is 1.73. The highest BCUT2D eigenvalue weighted by molar-refractivity contribution is 7.21. The molecule has 4 heteroatoms. The van der Waals surface area contributed by atoms with Crippen molar-refractivity contribution < 1.29 is 9.53 Å². The Morgan fingerprint density at radius 3 is 2.62 bits per heavy atom. The quantitative estimate of drug-likeness (QED) is 0.419. The zero-order valence-corrected chi connectivity index (χ0v) is 14.6. The number of fused-ring (bicyclic) bond motifs is 2. The van der Waals surface area contributed by atoms with Gasteiger partial charge in [-0.2, -0.15) is 0 Å². The van der Waals surface area contributed by atoms with Gasteiger partial charge in [0.25, 0.3) is 0 Å². The molecule has 118 valence electrons. The number of hydrogen-bond acceptors (Lipinski definition) is 4. The molecule has 0 saturated carbocycles. The Labute approximate surface area is 147 Å². The largest absolute Gasteiger partial charge is 0.465 e. The molecule has 0 N–H and O–H groups in total. The fourth-order valence-corrected chi connectivity index (χ4v) is 4.67. The van der Waals surface area contributed by atoms with Crippen LogP contribution in [0.2, 0.25) is 0 Å². The second kappa shape index (κ2) is 6.23. The van der Waals surface area contributed by atoms with Gasteiger partial charge in [0, 0.05) is 19.7 Å². The van der Waals surface area contributed by atoms with Crippen LogP contribution in [0.25, 0.3) is 32.3 Å². The van der Waals surface area contributed by atoms with E-state index >= 15 is 0 Å². The number of carbonyl (C=O) groups excluding carboxylic acids is 1. The topological polar surface area (TPSA) is 26.3 Å². The summed E-state index contributed by atoms with van der Waals surface area (Å²) in [5.41, 5.74) is 1.11. The average molecular weight is 350 g/mol. The van der Waals surface area contributed by atoms with Gasteiger partial charge in [0.15, 0.2) is 0 Å². The zero-order valence-electron chi connectivity index (χ0n) is 13.0. The number of rotatable bonds is 3. The number of carbonyl (C=O) groups is 1. The van der Waals surface area contributed by atoms with Crippen molar-refractivity contribution in [3.8, 4) is 0 Å². The third-order valence-corrected chi connectivity index (χ3v) is 6.02. The molecule has 0 bridgehead atoms. The second-order valence-corrected chi connectivity index (χ2v) is 7.58. The van der Waals surface area contributed by atoms with Crippen LogP contribution in [-0.2, 0) is 4.74 Å². The van der Waals surface area contributed by atoms with Crippen molar-refractivity contribution in [2.24, 2.45) is 0 Å². The molecule has 2 aromatic heterocycles. The van der Waals surface area contributed by atoms with Crippen LogP contribution in [0.3, 0.4) is 0 Å². The maximum Gasteiger partial charge on any atom is 0.348 e. The minimum Gasteiger partial charge on any atom is -0.465 e. The van der Waals surface area contributed by atoms with Gasteiger partial charge in [-0.3, -0.25) is 0 Å². The first kappa shape index (κ1) is 15.1. The molecule has 0 atom stereocenters. The van der Waals surface area contributed by atoms with Gasteiger partial charge in [0.05, 0.1) is 7.11 Å². The van der Waals surface area contributed by atoms with E-state index in [-0.39, 0.29) is 5.97 Å². The Morgan fingerprint density at radius 1 is 0.958 bits per heavy atom. The standard InChI is InChI=1S/C20H14O2S2/c1-22-20(21)19-12-16-13(6-4-8-18(16)24-19)9-10-15-11-14-5-2-3-7-17(14)23-15/h2-12H,1H3/b10-9+. The van der Waals surface area contributed by atoms with Gasteiger partial charge in [-0.25, -0.2) is 4.79 Å². The lowest BCUT2D eigenvalue weighted by Crippen LogP contribution is -1.96. The summed E-state index contributed by atoms with van der Waals surface area (Å²) in [5, 5.41) is 2.35. The van der Waals surface area contributed by atoms with E-state index < -0.39 is 0 Å². The molecular weight excluding hydrogens is 336 g/mol. The van der Waals surface area contributed by atoms with Crippen LogP contribution >= 0.6 is 22.7 Å². The van der Waals surface area contributed by atoms with Gasteiger partial charge >= 0.3 is 5.97 Å². The van der Waals surface area contributed by atoms with Crippen LogP contribution in [0, 0.1) is 0 Å². The molecular formula is C20H14O2S2. The van der Waals surface area contributed by atoms with Crippen LogP contribution < -0.4 is 0 Å². The lowest BCUT2D eigenvalue weighted by atomic mass is 10.1. The summed E-state index contributed by atoms with van der Waals surface area (Å²) in [5.74, 6) is -0.282. The summed E-state index contributed by atoms with van der Waals surface area (Å²) < 4.78 is 7.21. The zero-order chi connectivity index (χ0) is 16.5. The van der Waals surface area contributed by atoms with Crippen LogP contribution in [0.15, 0.2) is 54.6 Å². The van der Waals surface area contributed by atoms with Gasteiger partial charge in [-0.05, 0) is 41.3 Å². The summed E-state index contributed by atoms with van der Waals surface area (Å²) in [6, 6.07) is 18.6. The molecule has 0 fully saturated rings. The molecule has 0 aliphatic heterocycles. The van der Waals surface area contributed by atoms with Gasteiger partial charge in [0.1, 0.15) is 4.88 Å². The highest BCUT2D eigenvalue weighted by Crippen LogP contribution is 2.31. The average Bonchev–Trinajstić information content (AvgIpc) is 3.22. The fourth-order valence-electron chi connectivity index (χ4n) is 2.69. The first-order valence-corrected chi connectivity index (χ1v) is 9.15. The normalized spacial score (nSPS) is 11.5. The Bertz CT molecular complexity index is 1040. The SMILES string of the molecule is COC(=O)c1cc2c(/C=C/c3cc4ccccc4s3)cccc2s1. The lowest BCUT2D eigenvalue weighted by molar-refractivity contribution is 0.0606. The van der Waals surface area contributed by atoms with Crippen molar-refractivity contribution in [2.45, 2.75) is 0 Å². The first-order chi connectivity index (χ1) is 11.7. The van der Waals surface area contributed by atoms with Crippen molar-refractivity contribution in [1.82, 2.24) is 0 Å². The summed E-state index contributed by atoms with van der Waals surface area (Å²) in [4.78, 5) is 13.6. The van der Waals surface area contributed by atoms with Crippen molar-refractivity contribution in [1.29, 1.82) is 0 Å². The van der Waals surface area contributed by atoms with Crippen LogP contribution in [0.4, 0.5) is 0 Å². The number of methoxy groups -OCH3 is 1. The Hall–Kier alpha value is -2.43. The molecule has 0 aliphatic carbocycles. The molecule has 4 aromatic rings. The van der Waals surface area contributed by atoms with E-state index in [0.29, 0.717) is 4.88 Å².